The molecule has 0 aliphatic carbocycles. The molecule has 0 spiro atoms. The zero-order valence-corrected chi connectivity index (χ0v) is 17.2. The molecule has 0 aromatic heterocycles. The minimum Gasteiger partial charge on any atom is -0.465 e. The minimum atomic E-state index is -0.440. The number of nitriles is 1. The average molecular weight is 425 g/mol. The topological polar surface area (TPSA) is 94.8 Å². The van der Waals surface area contributed by atoms with Gasteiger partial charge in [0.05, 0.1) is 31.0 Å². The van der Waals surface area contributed by atoms with E-state index in [-0.39, 0.29) is 11.9 Å². The van der Waals surface area contributed by atoms with Crippen molar-refractivity contribution in [2.45, 2.75) is 19.3 Å². The van der Waals surface area contributed by atoms with E-state index in [9.17, 15) is 9.59 Å². The lowest BCUT2D eigenvalue weighted by Gasteiger charge is -2.15. The summed E-state index contributed by atoms with van der Waals surface area (Å²) in [7, 11) is 1.31. The normalized spacial score (nSPS) is 15.3. The second-order valence-corrected chi connectivity index (χ2v) is 7.26. The molecular formula is C22H21ClN4O3. The third kappa shape index (κ3) is 5.16. The summed E-state index contributed by atoms with van der Waals surface area (Å²) in [6.45, 7) is 0.426. The number of hydrogen-bond donors (Lipinski definition) is 1. The van der Waals surface area contributed by atoms with Crippen LogP contribution in [0.1, 0.15) is 35.2 Å². The Kier molecular flexibility index (Phi) is 7.04. The van der Waals surface area contributed by atoms with Crippen molar-refractivity contribution in [3.8, 4) is 6.07 Å². The second-order valence-electron chi connectivity index (χ2n) is 6.82. The number of esters is 1. The molecule has 30 heavy (non-hydrogen) atoms. The summed E-state index contributed by atoms with van der Waals surface area (Å²) in [5.41, 5.74) is 2.65. The van der Waals surface area contributed by atoms with Gasteiger partial charge < -0.3 is 10.1 Å². The molecule has 0 radical (unpaired) electrons. The van der Waals surface area contributed by atoms with Gasteiger partial charge in [0.2, 0.25) is 0 Å². The monoisotopic (exact) mass is 424 g/mol. The van der Waals surface area contributed by atoms with E-state index in [0.717, 1.165) is 24.1 Å². The van der Waals surface area contributed by atoms with Gasteiger partial charge in [-0.25, -0.2) is 14.6 Å². The fourth-order valence-electron chi connectivity index (χ4n) is 3.24. The van der Waals surface area contributed by atoms with Crippen LogP contribution in [0, 0.1) is 17.2 Å². The Hall–Kier alpha value is -3.37. The van der Waals surface area contributed by atoms with Crippen LogP contribution in [0.15, 0.2) is 53.6 Å². The maximum Gasteiger partial charge on any atom is 0.342 e. The van der Waals surface area contributed by atoms with Crippen molar-refractivity contribution in [3.63, 3.8) is 0 Å². The van der Waals surface area contributed by atoms with Crippen LogP contribution in [0.2, 0.25) is 5.02 Å². The van der Waals surface area contributed by atoms with Gasteiger partial charge in [0.1, 0.15) is 0 Å². The van der Waals surface area contributed by atoms with Crippen LogP contribution in [-0.2, 0) is 4.74 Å². The molecule has 2 amide bonds. The zero-order valence-electron chi connectivity index (χ0n) is 16.5. The smallest absolute Gasteiger partial charge is 0.342 e. The third-order valence-electron chi connectivity index (χ3n) is 4.78. The zero-order chi connectivity index (χ0) is 21.5. The number of rotatable bonds is 6. The fourth-order valence-corrected chi connectivity index (χ4v) is 3.37. The lowest BCUT2D eigenvalue weighted by molar-refractivity contribution is 0.0600. The van der Waals surface area contributed by atoms with Crippen molar-refractivity contribution in [1.82, 2.24) is 5.01 Å². The Morgan fingerprint density at radius 1 is 1.23 bits per heavy atom. The van der Waals surface area contributed by atoms with E-state index in [1.54, 1.807) is 36.4 Å². The molecule has 8 heteroatoms. The van der Waals surface area contributed by atoms with E-state index in [4.69, 9.17) is 16.9 Å². The van der Waals surface area contributed by atoms with Gasteiger partial charge in [-0.05, 0) is 54.8 Å². The van der Waals surface area contributed by atoms with Gasteiger partial charge in [-0.1, -0.05) is 23.7 Å². The highest BCUT2D eigenvalue weighted by atomic mass is 35.5. The Morgan fingerprint density at radius 3 is 2.57 bits per heavy atom. The molecule has 1 aliphatic heterocycles. The lowest BCUT2D eigenvalue weighted by Crippen LogP contribution is -2.30. The van der Waals surface area contributed by atoms with Crippen molar-refractivity contribution in [2.75, 3.05) is 19.0 Å². The van der Waals surface area contributed by atoms with Crippen molar-refractivity contribution < 1.29 is 14.3 Å². The standard InChI is InChI=1S/C22H21ClN4O3/c1-30-21(28)16-7-11-19(12-8-16)25-22(29)27-14-17(4-2-3-13-24)20(26-27)15-5-9-18(23)10-6-15/h5-12,17H,2-4,14H2,1H3,(H,25,29). The molecule has 1 heterocycles. The largest absolute Gasteiger partial charge is 0.465 e. The van der Waals surface area contributed by atoms with Crippen LogP contribution in [0.5, 0.6) is 0 Å². The number of anilines is 1. The number of hydrogen-bond acceptors (Lipinski definition) is 5. The first-order chi connectivity index (χ1) is 14.5. The Bertz CT molecular complexity index is 981. The second kappa shape index (κ2) is 9.90. The first-order valence-electron chi connectivity index (χ1n) is 9.50. The number of nitrogens with zero attached hydrogens (tertiary/aromatic N) is 3. The van der Waals surface area contributed by atoms with Crippen molar-refractivity contribution in [3.05, 3.63) is 64.7 Å². The van der Waals surface area contributed by atoms with Crippen LogP contribution >= 0.6 is 11.6 Å². The fraction of sp³-hybridized carbons (Fsp3) is 0.273. The van der Waals surface area contributed by atoms with E-state index < -0.39 is 5.97 Å². The van der Waals surface area contributed by atoms with Crippen LogP contribution < -0.4 is 5.32 Å². The van der Waals surface area contributed by atoms with Gasteiger partial charge in [-0.2, -0.15) is 10.4 Å². The molecule has 1 aliphatic rings. The highest BCUT2D eigenvalue weighted by molar-refractivity contribution is 6.30. The number of nitrogens with one attached hydrogen (secondary N) is 1. The minimum absolute atomic E-state index is 0.0342. The summed E-state index contributed by atoms with van der Waals surface area (Å²) in [6.07, 6.45) is 1.95. The molecule has 3 rings (SSSR count). The summed E-state index contributed by atoms with van der Waals surface area (Å²) < 4.78 is 4.67. The van der Waals surface area contributed by atoms with Gasteiger partial charge in [-0.3, -0.25) is 0 Å². The third-order valence-corrected chi connectivity index (χ3v) is 5.03. The Labute approximate surface area is 179 Å². The summed E-state index contributed by atoms with van der Waals surface area (Å²) >= 11 is 5.99. The summed E-state index contributed by atoms with van der Waals surface area (Å²) in [5.74, 6) is -0.406. The van der Waals surface area contributed by atoms with E-state index >= 15 is 0 Å². The SMILES string of the molecule is COC(=O)c1ccc(NC(=O)N2CC(CCCC#N)C(c3ccc(Cl)cc3)=N2)cc1. The van der Waals surface area contributed by atoms with Crippen LogP contribution in [0.3, 0.4) is 0 Å². The van der Waals surface area contributed by atoms with Crippen molar-refractivity contribution >= 4 is 35.0 Å². The van der Waals surface area contributed by atoms with Gasteiger partial charge in [0, 0.05) is 23.0 Å². The van der Waals surface area contributed by atoms with Gasteiger partial charge >= 0.3 is 12.0 Å². The molecule has 1 atom stereocenters. The number of amides is 2. The molecule has 0 saturated carbocycles. The number of methoxy groups -OCH3 is 1. The van der Waals surface area contributed by atoms with Crippen molar-refractivity contribution in [1.29, 1.82) is 5.26 Å². The average Bonchev–Trinajstić information content (AvgIpc) is 3.19. The predicted octanol–water partition coefficient (Wildman–Crippen LogP) is 4.69. The maximum absolute atomic E-state index is 12.7. The lowest BCUT2D eigenvalue weighted by atomic mass is 9.93. The van der Waals surface area contributed by atoms with Crippen LogP contribution in [-0.4, -0.2) is 36.4 Å². The molecule has 7 nitrogen and oxygen atoms in total. The number of urea groups is 1. The number of carbonyl (C=O) groups excluding carboxylic acids is 2. The quantitative estimate of drug-likeness (QED) is 0.537. The van der Waals surface area contributed by atoms with E-state index in [0.29, 0.717) is 29.2 Å². The molecule has 2 aromatic carbocycles. The molecule has 154 valence electrons. The molecule has 1 unspecified atom stereocenters. The predicted molar refractivity (Wildman–Crippen MR) is 114 cm³/mol. The number of hydrazone groups is 1. The maximum atomic E-state index is 12.7. The number of ether oxygens (including phenoxy) is 1. The van der Waals surface area contributed by atoms with E-state index in [1.165, 1.54) is 12.1 Å². The molecule has 1 N–H and O–H groups in total. The van der Waals surface area contributed by atoms with Crippen molar-refractivity contribution in [2.24, 2.45) is 11.0 Å². The highest BCUT2D eigenvalue weighted by Crippen LogP contribution is 2.26. The highest BCUT2D eigenvalue weighted by Gasteiger charge is 2.30. The number of benzene rings is 2. The number of unbranched alkanes of at least 4 members (excludes halogenated alkanes) is 1. The summed E-state index contributed by atoms with van der Waals surface area (Å²) in [4.78, 5) is 24.3. The summed E-state index contributed by atoms with van der Waals surface area (Å²) in [6, 6.07) is 15.6. The Balaban J connectivity index is 1.74. The molecule has 0 bridgehead atoms. The van der Waals surface area contributed by atoms with Crippen LogP contribution in [0.25, 0.3) is 0 Å². The molecule has 0 fully saturated rings. The van der Waals surface area contributed by atoms with E-state index in [1.807, 2.05) is 12.1 Å². The molecular weight excluding hydrogens is 404 g/mol. The number of halogens is 1. The first-order valence-corrected chi connectivity index (χ1v) is 9.88. The van der Waals surface area contributed by atoms with Gasteiger partial charge in [0.25, 0.3) is 0 Å². The van der Waals surface area contributed by atoms with Crippen LogP contribution in [0.4, 0.5) is 10.5 Å². The first kappa shape index (κ1) is 21.3. The number of carbonyl (C=O) groups is 2. The Morgan fingerprint density at radius 2 is 1.93 bits per heavy atom. The summed E-state index contributed by atoms with van der Waals surface area (Å²) in [5, 5.41) is 18.2. The van der Waals surface area contributed by atoms with Gasteiger partial charge in [0.15, 0.2) is 0 Å². The molecule has 2 aromatic rings. The van der Waals surface area contributed by atoms with Gasteiger partial charge in [-0.15, -0.1) is 0 Å². The molecule has 0 saturated heterocycles. The van der Waals surface area contributed by atoms with E-state index in [2.05, 4.69) is 21.2 Å².